The molecule has 2 bridgehead atoms. The summed E-state index contributed by atoms with van der Waals surface area (Å²) < 4.78 is 72.5. The first-order valence-electron chi connectivity index (χ1n) is 23.4. The van der Waals surface area contributed by atoms with Crippen molar-refractivity contribution in [1.82, 2.24) is 25.3 Å². The summed E-state index contributed by atoms with van der Waals surface area (Å²) in [6, 6.07) is -0.247. The lowest BCUT2D eigenvalue weighted by molar-refractivity contribution is -0.199. The largest absolute Gasteiger partial charge is 0.495 e. The third-order valence-electron chi connectivity index (χ3n) is 14.3. The van der Waals surface area contributed by atoms with Gasteiger partial charge in [-0.1, -0.05) is 31.5 Å². The molecule has 1 unspecified atom stereocenters. The lowest BCUT2D eigenvalue weighted by Crippen LogP contribution is -2.65. The summed E-state index contributed by atoms with van der Waals surface area (Å²) >= 11 is 6.88. The van der Waals surface area contributed by atoms with Crippen LogP contribution in [0.15, 0.2) is 18.2 Å². The van der Waals surface area contributed by atoms with E-state index in [2.05, 4.69) is 24.5 Å². The second-order valence-corrected chi connectivity index (χ2v) is 21.7. The molecule has 8 rings (SSSR count). The van der Waals surface area contributed by atoms with Crippen LogP contribution in [0, 0.1) is 28.9 Å². The number of urea groups is 2. The number of imide groups is 1. The van der Waals surface area contributed by atoms with Gasteiger partial charge >= 0.3 is 31.2 Å². The number of amides is 6. The first-order chi connectivity index (χ1) is 32.2. The van der Waals surface area contributed by atoms with E-state index in [4.69, 9.17) is 44.6 Å². The van der Waals surface area contributed by atoms with Crippen molar-refractivity contribution in [2.45, 2.75) is 135 Å². The number of ether oxygens (including phenoxy) is 5. The Labute approximate surface area is 407 Å². The van der Waals surface area contributed by atoms with E-state index in [1.807, 2.05) is 6.92 Å². The summed E-state index contributed by atoms with van der Waals surface area (Å²) in [6.45, 7) is 17.5. The summed E-state index contributed by atoms with van der Waals surface area (Å²) in [5.41, 5.74) is -2.88. The maximum Gasteiger partial charge on any atom is 0.482 e. The van der Waals surface area contributed by atoms with Crippen molar-refractivity contribution in [3.05, 3.63) is 51.5 Å². The first kappa shape index (κ1) is 51.8. The number of methoxy groups -OCH3 is 3. The molecule has 3 saturated heterocycles. The Morgan fingerprint density at radius 2 is 1.51 bits per heavy atom. The quantitative estimate of drug-likeness (QED) is 0.158. The lowest BCUT2D eigenvalue weighted by Gasteiger charge is -2.64. The number of piperidine rings is 1. The minimum absolute atomic E-state index is 0.0471. The van der Waals surface area contributed by atoms with Crippen molar-refractivity contribution in [1.29, 1.82) is 0 Å². The Hall–Kier alpha value is -5.08. The van der Waals surface area contributed by atoms with E-state index in [1.54, 1.807) is 51.3 Å². The summed E-state index contributed by atoms with van der Waals surface area (Å²) in [5, 5.41) is 5.34. The van der Waals surface area contributed by atoms with E-state index < -0.39 is 83.1 Å². The molecule has 2 N–H and O–H groups in total. The number of nitrogens with zero attached hydrogens (tertiary/aromatic N) is 3. The first-order valence-corrected chi connectivity index (χ1v) is 23.8. The van der Waals surface area contributed by atoms with Crippen LogP contribution in [0.1, 0.15) is 116 Å². The molecule has 69 heavy (non-hydrogen) atoms. The highest BCUT2D eigenvalue weighted by Crippen LogP contribution is 2.66. The van der Waals surface area contributed by atoms with Gasteiger partial charge in [0, 0.05) is 37.8 Å². The van der Waals surface area contributed by atoms with Crippen LogP contribution in [0.3, 0.4) is 0 Å². The number of rotatable bonds is 12. The maximum atomic E-state index is 15.9. The zero-order valence-electron chi connectivity index (χ0n) is 41.5. The monoisotopic (exact) mass is 987 g/mol. The molecule has 6 aliphatic rings. The average Bonchev–Trinajstić information content (AvgIpc) is 3.84. The molecular formula is C48H65BClF2N5O12. The van der Waals surface area contributed by atoms with Crippen LogP contribution in [0.2, 0.25) is 5.02 Å². The Morgan fingerprint density at radius 3 is 2.10 bits per heavy atom. The molecule has 6 atom stereocenters. The predicted octanol–water partition coefficient (Wildman–Crippen LogP) is 7.48. The molecule has 3 aliphatic heterocycles. The SMILES string of the molecule is COc1c(F)cc(C(NC(=O)N2CCN(C3CCN(C(=O)OC(C)(C)C)CC3)C2=O)C(=O)N[C@@H](Cc2ccc(F)c(C(=O)OC(C)(C)C)c2OC)B2O[C@@H]3C[C@@H]4C[C@@H](C4(C)C)[C@]3(C)O2)c(Cl)c1OC. The Bertz CT molecular complexity index is 2360. The van der Waals surface area contributed by atoms with E-state index in [9.17, 15) is 19.2 Å². The lowest BCUT2D eigenvalue weighted by atomic mass is 9.43. The summed E-state index contributed by atoms with van der Waals surface area (Å²) in [6.07, 6.45) is 1.52. The summed E-state index contributed by atoms with van der Waals surface area (Å²) in [4.78, 5) is 73.8. The van der Waals surface area contributed by atoms with Gasteiger partial charge in [-0.25, -0.2) is 32.9 Å². The molecule has 0 aromatic heterocycles. The number of carbonyl (C=O) groups excluding carboxylic acids is 5. The average molecular weight is 988 g/mol. The molecule has 3 heterocycles. The zero-order valence-corrected chi connectivity index (χ0v) is 42.3. The van der Waals surface area contributed by atoms with Crippen molar-refractivity contribution >= 4 is 48.8 Å². The molecule has 378 valence electrons. The van der Waals surface area contributed by atoms with Crippen molar-refractivity contribution in [2.75, 3.05) is 47.5 Å². The number of benzene rings is 2. The molecule has 0 radical (unpaired) electrons. The number of esters is 1. The topological polar surface area (TPSA) is 184 Å². The summed E-state index contributed by atoms with van der Waals surface area (Å²) in [7, 11) is 2.58. The smallest absolute Gasteiger partial charge is 0.482 e. The normalized spacial score (nSPS) is 24.2. The van der Waals surface area contributed by atoms with E-state index in [-0.39, 0.29) is 76.4 Å². The number of hydrogen-bond donors (Lipinski definition) is 2. The van der Waals surface area contributed by atoms with Crippen LogP contribution in [0.25, 0.3) is 0 Å². The van der Waals surface area contributed by atoms with Gasteiger partial charge in [0.15, 0.2) is 17.3 Å². The fourth-order valence-corrected chi connectivity index (χ4v) is 11.1. The Kier molecular flexibility index (Phi) is 14.5. The predicted molar refractivity (Wildman–Crippen MR) is 249 cm³/mol. The van der Waals surface area contributed by atoms with Gasteiger partial charge in [0.25, 0.3) is 0 Å². The second-order valence-electron chi connectivity index (χ2n) is 21.3. The molecule has 3 aliphatic carbocycles. The highest BCUT2D eigenvalue weighted by atomic mass is 35.5. The van der Waals surface area contributed by atoms with Crippen molar-refractivity contribution < 1.29 is 65.7 Å². The van der Waals surface area contributed by atoms with Gasteiger partial charge in [-0.15, -0.1) is 0 Å². The molecule has 6 amide bonds. The highest BCUT2D eigenvalue weighted by molar-refractivity contribution is 6.48. The Morgan fingerprint density at radius 1 is 0.870 bits per heavy atom. The number of halogens is 3. The van der Waals surface area contributed by atoms with Crippen LogP contribution >= 0.6 is 11.6 Å². The molecule has 2 aromatic rings. The Balaban J connectivity index is 1.21. The minimum Gasteiger partial charge on any atom is -0.495 e. The van der Waals surface area contributed by atoms with E-state index in [0.717, 1.165) is 23.5 Å². The van der Waals surface area contributed by atoms with Gasteiger partial charge in [-0.2, -0.15) is 0 Å². The second kappa shape index (κ2) is 19.3. The third kappa shape index (κ3) is 10.1. The van der Waals surface area contributed by atoms with Crippen molar-refractivity contribution in [3.8, 4) is 17.2 Å². The number of hydrogen-bond acceptors (Lipinski definition) is 12. The molecule has 21 heteroatoms. The van der Waals surface area contributed by atoms with Gasteiger partial charge in [-0.3, -0.25) is 4.79 Å². The number of nitrogens with one attached hydrogen (secondary N) is 2. The van der Waals surface area contributed by atoms with E-state index >= 15 is 13.6 Å². The highest BCUT2D eigenvalue weighted by Gasteiger charge is 2.68. The van der Waals surface area contributed by atoms with E-state index in [0.29, 0.717) is 38.3 Å². The van der Waals surface area contributed by atoms with Crippen LogP contribution in [0.4, 0.5) is 23.2 Å². The van der Waals surface area contributed by atoms with Gasteiger partial charge in [0.2, 0.25) is 5.91 Å². The molecule has 0 spiro atoms. The minimum atomic E-state index is -1.79. The number of carbonyl (C=O) groups is 5. The number of likely N-dealkylation sites (tertiary alicyclic amines) is 1. The van der Waals surface area contributed by atoms with Crippen molar-refractivity contribution in [3.63, 3.8) is 0 Å². The third-order valence-corrected chi connectivity index (χ3v) is 14.7. The molecule has 17 nitrogen and oxygen atoms in total. The molecule has 3 saturated carbocycles. The van der Waals surface area contributed by atoms with Crippen LogP contribution < -0.4 is 24.8 Å². The summed E-state index contributed by atoms with van der Waals surface area (Å²) in [5.74, 6) is -5.16. The van der Waals surface area contributed by atoms with Gasteiger partial charge in [-0.05, 0) is 116 Å². The maximum absolute atomic E-state index is 15.9. The standard InChI is InChI=1S/C48H65BClF2N5O12/c1-45(2,3)66-41(59)34-29(51)14-13-25(37(34)63-10)21-33(49-68-32-23-26-22-31(47(26,7)8)48(32,9)69-49)53-40(58)36(28-24-30(52)38(64-11)39(65-12)35(28)50)54-42(60)57-20-19-56(43(57)61)27-15-17-55(18-16-27)44(62)67-46(4,5)6/h13-14,24,26-27,31-33,36H,15-23H2,1-12H3,(H,53,58)(H,54,60)/t26-,31-,32+,33-,36?,48-/m0/s1. The molecule has 2 aromatic carbocycles. The van der Waals surface area contributed by atoms with Crippen LogP contribution in [-0.4, -0.2) is 134 Å². The molecular weight excluding hydrogens is 923 g/mol. The zero-order chi connectivity index (χ0) is 50.7. The fraction of sp³-hybridized carbons (Fsp3) is 0.646. The van der Waals surface area contributed by atoms with Crippen LogP contribution in [-0.2, 0) is 30.0 Å². The van der Waals surface area contributed by atoms with Crippen molar-refractivity contribution in [2.24, 2.45) is 17.3 Å². The van der Waals surface area contributed by atoms with Crippen LogP contribution in [0.5, 0.6) is 17.2 Å². The molecule has 6 fully saturated rings. The van der Waals surface area contributed by atoms with Gasteiger partial charge in [0.05, 0.1) is 44.0 Å². The van der Waals surface area contributed by atoms with E-state index in [1.165, 1.54) is 27.4 Å². The van der Waals surface area contributed by atoms with Gasteiger partial charge < -0.3 is 53.4 Å². The van der Waals surface area contributed by atoms with Gasteiger partial charge in [0.1, 0.15) is 34.4 Å². The fourth-order valence-electron chi connectivity index (χ4n) is 10.7.